The highest BCUT2D eigenvalue weighted by molar-refractivity contribution is 6.42. The zero-order valence-electron chi connectivity index (χ0n) is 12.3. The van der Waals surface area contributed by atoms with Crippen molar-refractivity contribution in [1.82, 2.24) is 0 Å². The second-order valence-electron chi connectivity index (χ2n) is 5.80. The van der Waals surface area contributed by atoms with Gasteiger partial charge in [0.2, 0.25) is 0 Å². The molecule has 21 heavy (non-hydrogen) atoms. The zero-order chi connectivity index (χ0) is 15.0. The molecule has 3 heteroatoms. The Morgan fingerprint density at radius 2 is 1.95 bits per heavy atom. The molecule has 0 bridgehead atoms. The highest BCUT2D eigenvalue weighted by Gasteiger charge is 2.23. The van der Waals surface area contributed by atoms with Gasteiger partial charge in [-0.15, -0.1) is 0 Å². The standard InChI is InChI=1S/C18H19Cl2N/c1-3-11(2)12-5-7-17-14(8-12)10-18(21-17)13-4-6-15(19)16(20)9-13/h4-9,11,18,21H,3,10H2,1-2H3. The molecule has 0 aromatic heterocycles. The van der Waals surface area contributed by atoms with Crippen LogP contribution in [0.5, 0.6) is 0 Å². The summed E-state index contributed by atoms with van der Waals surface area (Å²) in [7, 11) is 0. The molecular weight excluding hydrogens is 301 g/mol. The highest BCUT2D eigenvalue weighted by Crippen LogP contribution is 2.37. The van der Waals surface area contributed by atoms with E-state index in [4.69, 9.17) is 23.2 Å². The largest absolute Gasteiger partial charge is 0.378 e. The molecule has 1 aliphatic heterocycles. The van der Waals surface area contributed by atoms with E-state index >= 15 is 0 Å². The molecule has 2 aromatic carbocycles. The predicted octanol–water partition coefficient (Wildman–Crippen LogP) is 6.22. The third-order valence-electron chi connectivity index (χ3n) is 4.41. The Hall–Kier alpha value is -1.18. The Morgan fingerprint density at radius 1 is 1.14 bits per heavy atom. The van der Waals surface area contributed by atoms with Crippen molar-refractivity contribution in [3.8, 4) is 0 Å². The van der Waals surface area contributed by atoms with Crippen LogP contribution in [-0.4, -0.2) is 0 Å². The van der Waals surface area contributed by atoms with Crippen LogP contribution in [0.15, 0.2) is 36.4 Å². The summed E-state index contributed by atoms with van der Waals surface area (Å²) in [5.74, 6) is 0.610. The maximum absolute atomic E-state index is 6.13. The minimum Gasteiger partial charge on any atom is -0.378 e. The summed E-state index contributed by atoms with van der Waals surface area (Å²) in [6.07, 6.45) is 2.17. The Balaban J connectivity index is 1.85. The molecule has 0 aliphatic carbocycles. The maximum atomic E-state index is 6.13. The van der Waals surface area contributed by atoms with Gasteiger partial charge in [-0.3, -0.25) is 0 Å². The highest BCUT2D eigenvalue weighted by atomic mass is 35.5. The summed E-state index contributed by atoms with van der Waals surface area (Å²) in [6, 6.07) is 12.9. The summed E-state index contributed by atoms with van der Waals surface area (Å²) in [5, 5.41) is 4.80. The van der Waals surface area contributed by atoms with Crippen molar-refractivity contribution in [3.05, 3.63) is 63.1 Å². The molecule has 0 saturated carbocycles. The van der Waals surface area contributed by atoms with E-state index in [0.717, 1.165) is 6.42 Å². The van der Waals surface area contributed by atoms with Gasteiger partial charge in [0.25, 0.3) is 0 Å². The van der Waals surface area contributed by atoms with E-state index < -0.39 is 0 Å². The first-order chi connectivity index (χ1) is 10.1. The molecule has 2 atom stereocenters. The van der Waals surface area contributed by atoms with Crippen LogP contribution >= 0.6 is 23.2 Å². The maximum Gasteiger partial charge on any atom is 0.0595 e. The lowest BCUT2D eigenvalue weighted by Crippen LogP contribution is -2.05. The second-order valence-corrected chi connectivity index (χ2v) is 6.61. The quantitative estimate of drug-likeness (QED) is 0.708. The normalized spacial score (nSPS) is 18.2. The molecule has 0 fully saturated rings. The average Bonchev–Trinajstić information content (AvgIpc) is 2.92. The molecule has 0 saturated heterocycles. The number of benzene rings is 2. The van der Waals surface area contributed by atoms with E-state index in [1.165, 1.54) is 28.8 Å². The molecule has 1 nitrogen and oxygen atoms in total. The number of nitrogens with one attached hydrogen (secondary N) is 1. The van der Waals surface area contributed by atoms with Crippen molar-refractivity contribution in [2.75, 3.05) is 5.32 Å². The van der Waals surface area contributed by atoms with Crippen LogP contribution in [0.4, 0.5) is 5.69 Å². The number of fused-ring (bicyclic) bond motifs is 1. The fourth-order valence-corrected chi connectivity index (χ4v) is 3.16. The van der Waals surface area contributed by atoms with Crippen molar-refractivity contribution >= 4 is 28.9 Å². The van der Waals surface area contributed by atoms with Crippen molar-refractivity contribution in [2.24, 2.45) is 0 Å². The number of hydrogen-bond acceptors (Lipinski definition) is 1. The van der Waals surface area contributed by atoms with Gasteiger partial charge in [-0.1, -0.05) is 55.2 Å². The topological polar surface area (TPSA) is 12.0 Å². The van der Waals surface area contributed by atoms with Crippen LogP contribution in [0.3, 0.4) is 0 Å². The summed E-state index contributed by atoms with van der Waals surface area (Å²) in [5.41, 5.74) is 5.24. The van der Waals surface area contributed by atoms with E-state index in [0.29, 0.717) is 16.0 Å². The smallest absolute Gasteiger partial charge is 0.0595 e. The van der Waals surface area contributed by atoms with Gasteiger partial charge in [-0.2, -0.15) is 0 Å². The number of hydrogen-bond donors (Lipinski definition) is 1. The molecule has 1 aliphatic rings. The number of anilines is 1. The molecule has 0 amide bonds. The van der Waals surface area contributed by atoms with E-state index in [-0.39, 0.29) is 6.04 Å². The van der Waals surface area contributed by atoms with E-state index in [2.05, 4.69) is 37.4 Å². The van der Waals surface area contributed by atoms with Gasteiger partial charge in [0, 0.05) is 5.69 Å². The van der Waals surface area contributed by atoms with Crippen LogP contribution in [-0.2, 0) is 6.42 Å². The lowest BCUT2D eigenvalue weighted by atomic mass is 9.95. The molecule has 0 spiro atoms. The number of rotatable bonds is 3. The Kier molecular flexibility index (Phi) is 4.14. The van der Waals surface area contributed by atoms with Gasteiger partial charge in [0.1, 0.15) is 0 Å². The first kappa shape index (κ1) is 14.7. The van der Waals surface area contributed by atoms with Crippen LogP contribution < -0.4 is 5.32 Å². The van der Waals surface area contributed by atoms with Crippen molar-refractivity contribution in [3.63, 3.8) is 0 Å². The minimum atomic E-state index is 0.280. The van der Waals surface area contributed by atoms with Crippen LogP contribution in [0.25, 0.3) is 0 Å². The molecule has 0 radical (unpaired) electrons. The van der Waals surface area contributed by atoms with Crippen LogP contribution in [0, 0.1) is 0 Å². The van der Waals surface area contributed by atoms with Crippen molar-refractivity contribution in [2.45, 2.75) is 38.6 Å². The van der Waals surface area contributed by atoms with Gasteiger partial charge in [-0.05, 0) is 53.6 Å². The Labute approximate surface area is 136 Å². The summed E-state index contributed by atoms with van der Waals surface area (Å²) >= 11 is 12.1. The van der Waals surface area contributed by atoms with Gasteiger partial charge in [0.15, 0.2) is 0 Å². The zero-order valence-corrected chi connectivity index (χ0v) is 13.8. The van der Waals surface area contributed by atoms with Crippen LogP contribution in [0.2, 0.25) is 10.0 Å². The molecule has 2 unspecified atom stereocenters. The Bertz CT molecular complexity index is 666. The third kappa shape index (κ3) is 2.90. The van der Waals surface area contributed by atoms with E-state index in [1.54, 1.807) is 0 Å². The average molecular weight is 320 g/mol. The van der Waals surface area contributed by atoms with Crippen molar-refractivity contribution in [1.29, 1.82) is 0 Å². The van der Waals surface area contributed by atoms with E-state index in [9.17, 15) is 0 Å². The van der Waals surface area contributed by atoms with E-state index in [1.807, 2.05) is 18.2 Å². The third-order valence-corrected chi connectivity index (χ3v) is 5.15. The fourth-order valence-electron chi connectivity index (χ4n) is 2.85. The second kappa shape index (κ2) is 5.90. The van der Waals surface area contributed by atoms with Gasteiger partial charge in [-0.25, -0.2) is 0 Å². The molecule has 1 heterocycles. The summed E-state index contributed by atoms with van der Waals surface area (Å²) in [6.45, 7) is 4.51. The minimum absolute atomic E-state index is 0.280. The molecule has 1 N–H and O–H groups in total. The van der Waals surface area contributed by atoms with Crippen LogP contribution in [0.1, 0.15) is 48.9 Å². The lowest BCUT2D eigenvalue weighted by molar-refractivity contribution is 0.732. The molecule has 2 aromatic rings. The first-order valence-corrected chi connectivity index (χ1v) is 8.18. The monoisotopic (exact) mass is 319 g/mol. The molecule has 110 valence electrons. The van der Waals surface area contributed by atoms with Gasteiger partial charge < -0.3 is 5.32 Å². The van der Waals surface area contributed by atoms with Crippen molar-refractivity contribution < 1.29 is 0 Å². The molecule has 3 rings (SSSR count). The van der Waals surface area contributed by atoms with Gasteiger partial charge in [0.05, 0.1) is 16.1 Å². The SMILES string of the molecule is CCC(C)c1ccc2c(c1)CC(c1ccc(Cl)c(Cl)c1)N2. The molecular formula is C18H19Cl2N. The fraction of sp³-hybridized carbons (Fsp3) is 0.333. The lowest BCUT2D eigenvalue weighted by Gasteiger charge is -2.12. The number of halogens is 2. The summed E-state index contributed by atoms with van der Waals surface area (Å²) in [4.78, 5) is 0. The predicted molar refractivity (Wildman–Crippen MR) is 91.7 cm³/mol. The van der Waals surface area contributed by atoms with Gasteiger partial charge >= 0.3 is 0 Å². The Morgan fingerprint density at radius 3 is 2.67 bits per heavy atom. The summed E-state index contributed by atoms with van der Waals surface area (Å²) < 4.78 is 0. The first-order valence-electron chi connectivity index (χ1n) is 7.42.